The number of hydrogen-bond donors (Lipinski definition) is 0. The minimum atomic E-state index is -0.333. The summed E-state index contributed by atoms with van der Waals surface area (Å²) >= 11 is 0. The SMILES string of the molecule is CCC(C#N)N1CCN(C(=O)Cc2ccccc2F)CC1. The second kappa shape index (κ2) is 7.19. The number of carbonyl (C=O) groups is 1. The van der Waals surface area contributed by atoms with Crippen LogP contribution in [0.25, 0.3) is 0 Å². The molecule has 1 amide bonds. The van der Waals surface area contributed by atoms with Crippen LogP contribution in [0.1, 0.15) is 18.9 Å². The van der Waals surface area contributed by atoms with Crippen LogP contribution >= 0.6 is 0 Å². The van der Waals surface area contributed by atoms with Gasteiger partial charge in [0.2, 0.25) is 5.91 Å². The average molecular weight is 289 g/mol. The summed E-state index contributed by atoms with van der Waals surface area (Å²) in [5, 5.41) is 9.06. The molecule has 1 saturated heterocycles. The molecule has 0 saturated carbocycles. The Morgan fingerprint density at radius 1 is 1.33 bits per heavy atom. The fraction of sp³-hybridized carbons (Fsp3) is 0.500. The fourth-order valence-electron chi connectivity index (χ4n) is 2.63. The van der Waals surface area contributed by atoms with E-state index in [2.05, 4.69) is 11.0 Å². The van der Waals surface area contributed by atoms with Crippen LogP contribution < -0.4 is 0 Å². The zero-order chi connectivity index (χ0) is 15.2. The number of hydrogen-bond acceptors (Lipinski definition) is 3. The third-order valence-corrected chi connectivity index (χ3v) is 3.94. The molecular weight excluding hydrogens is 269 g/mol. The molecular formula is C16H20FN3O. The Hall–Kier alpha value is -1.93. The number of nitriles is 1. The zero-order valence-electron chi connectivity index (χ0n) is 12.3. The first kappa shape index (κ1) is 15.5. The van der Waals surface area contributed by atoms with Gasteiger partial charge in [-0.2, -0.15) is 5.26 Å². The maximum atomic E-state index is 13.6. The maximum Gasteiger partial charge on any atom is 0.227 e. The summed E-state index contributed by atoms with van der Waals surface area (Å²) in [4.78, 5) is 16.1. The molecule has 1 heterocycles. The van der Waals surface area contributed by atoms with Crippen molar-refractivity contribution < 1.29 is 9.18 Å². The number of amides is 1. The Balaban J connectivity index is 1.89. The highest BCUT2D eigenvalue weighted by Gasteiger charge is 2.25. The van der Waals surface area contributed by atoms with Crippen LogP contribution in [-0.4, -0.2) is 47.9 Å². The second-order valence-electron chi connectivity index (χ2n) is 5.24. The number of piperazine rings is 1. The van der Waals surface area contributed by atoms with E-state index in [0.717, 1.165) is 6.42 Å². The van der Waals surface area contributed by atoms with Gasteiger partial charge in [0.25, 0.3) is 0 Å². The van der Waals surface area contributed by atoms with E-state index >= 15 is 0 Å². The minimum absolute atomic E-state index is 0.0512. The topological polar surface area (TPSA) is 47.3 Å². The normalized spacial score (nSPS) is 17.3. The largest absolute Gasteiger partial charge is 0.340 e. The van der Waals surface area contributed by atoms with E-state index in [1.165, 1.54) is 6.07 Å². The lowest BCUT2D eigenvalue weighted by molar-refractivity contribution is -0.132. The Morgan fingerprint density at radius 2 is 2.00 bits per heavy atom. The van der Waals surface area contributed by atoms with Crippen LogP contribution in [-0.2, 0) is 11.2 Å². The van der Waals surface area contributed by atoms with Crippen LogP contribution in [0.4, 0.5) is 4.39 Å². The smallest absolute Gasteiger partial charge is 0.227 e. The Bertz CT molecular complexity index is 533. The Morgan fingerprint density at radius 3 is 2.57 bits per heavy atom. The van der Waals surface area contributed by atoms with Gasteiger partial charge in [0.05, 0.1) is 18.5 Å². The van der Waals surface area contributed by atoms with Crippen molar-refractivity contribution in [3.8, 4) is 6.07 Å². The highest BCUT2D eigenvalue weighted by molar-refractivity contribution is 5.79. The van der Waals surface area contributed by atoms with Gasteiger partial charge < -0.3 is 4.90 Å². The molecule has 0 spiro atoms. The fourth-order valence-corrected chi connectivity index (χ4v) is 2.63. The van der Waals surface area contributed by atoms with E-state index in [4.69, 9.17) is 5.26 Å². The third-order valence-electron chi connectivity index (χ3n) is 3.94. The molecule has 5 heteroatoms. The van der Waals surface area contributed by atoms with Crippen LogP contribution in [0.2, 0.25) is 0 Å². The molecule has 1 aromatic rings. The predicted molar refractivity (Wildman–Crippen MR) is 77.9 cm³/mol. The molecule has 1 aliphatic heterocycles. The van der Waals surface area contributed by atoms with E-state index < -0.39 is 0 Å². The van der Waals surface area contributed by atoms with Gasteiger partial charge in [0.1, 0.15) is 5.82 Å². The first-order chi connectivity index (χ1) is 10.2. The minimum Gasteiger partial charge on any atom is -0.340 e. The van der Waals surface area contributed by atoms with Crippen molar-refractivity contribution in [2.24, 2.45) is 0 Å². The number of nitrogens with zero attached hydrogens (tertiary/aromatic N) is 3. The molecule has 0 radical (unpaired) electrons. The summed E-state index contributed by atoms with van der Waals surface area (Å²) in [6.07, 6.45) is 0.891. The number of halogens is 1. The van der Waals surface area contributed by atoms with Crippen molar-refractivity contribution >= 4 is 5.91 Å². The van der Waals surface area contributed by atoms with Gasteiger partial charge in [-0.1, -0.05) is 25.1 Å². The van der Waals surface area contributed by atoms with E-state index in [1.54, 1.807) is 23.1 Å². The van der Waals surface area contributed by atoms with Crippen LogP contribution in [0, 0.1) is 17.1 Å². The van der Waals surface area contributed by atoms with Crippen molar-refractivity contribution in [2.75, 3.05) is 26.2 Å². The standard InChI is InChI=1S/C16H20FN3O/c1-2-14(12-18)19-7-9-20(10-8-19)16(21)11-13-5-3-4-6-15(13)17/h3-6,14H,2,7-11H2,1H3. The number of benzene rings is 1. The molecule has 0 bridgehead atoms. The van der Waals surface area contributed by atoms with Gasteiger partial charge in [-0.15, -0.1) is 0 Å². The molecule has 1 aromatic carbocycles. The lowest BCUT2D eigenvalue weighted by Crippen LogP contribution is -2.51. The summed E-state index contributed by atoms with van der Waals surface area (Å²) in [5.41, 5.74) is 0.438. The van der Waals surface area contributed by atoms with Gasteiger partial charge in [-0.25, -0.2) is 4.39 Å². The molecule has 1 atom stereocenters. The summed E-state index contributed by atoms with van der Waals surface area (Å²) < 4.78 is 13.6. The van der Waals surface area contributed by atoms with E-state index in [0.29, 0.717) is 31.7 Å². The average Bonchev–Trinajstić information content (AvgIpc) is 2.51. The molecule has 0 aliphatic carbocycles. The lowest BCUT2D eigenvalue weighted by Gasteiger charge is -2.36. The van der Waals surface area contributed by atoms with Crippen molar-refractivity contribution in [1.29, 1.82) is 5.26 Å². The second-order valence-corrected chi connectivity index (χ2v) is 5.24. The van der Waals surface area contributed by atoms with Crippen LogP contribution in [0.5, 0.6) is 0 Å². The highest BCUT2D eigenvalue weighted by atomic mass is 19.1. The Labute approximate surface area is 124 Å². The lowest BCUT2D eigenvalue weighted by atomic mass is 10.1. The first-order valence-electron chi connectivity index (χ1n) is 7.30. The quantitative estimate of drug-likeness (QED) is 0.849. The molecule has 4 nitrogen and oxygen atoms in total. The molecule has 1 unspecified atom stereocenters. The van der Waals surface area contributed by atoms with E-state index in [9.17, 15) is 9.18 Å². The van der Waals surface area contributed by atoms with Crippen molar-refractivity contribution in [3.05, 3.63) is 35.6 Å². The van der Waals surface area contributed by atoms with Gasteiger partial charge in [-0.05, 0) is 18.1 Å². The van der Waals surface area contributed by atoms with Crippen molar-refractivity contribution in [3.63, 3.8) is 0 Å². The predicted octanol–water partition coefficient (Wildman–Crippen LogP) is 1.81. The van der Waals surface area contributed by atoms with Crippen LogP contribution in [0.3, 0.4) is 0 Å². The molecule has 1 fully saturated rings. The summed E-state index contributed by atoms with van der Waals surface area (Å²) in [5.74, 6) is -0.384. The summed E-state index contributed by atoms with van der Waals surface area (Å²) in [6.45, 7) is 4.60. The monoisotopic (exact) mass is 289 g/mol. The van der Waals surface area contributed by atoms with Crippen molar-refractivity contribution in [1.82, 2.24) is 9.80 Å². The molecule has 0 aromatic heterocycles. The summed E-state index contributed by atoms with van der Waals surface area (Å²) in [7, 11) is 0. The van der Waals surface area contributed by atoms with E-state index in [1.807, 2.05) is 6.92 Å². The first-order valence-corrected chi connectivity index (χ1v) is 7.30. The molecule has 2 rings (SSSR count). The molecule has 0 N–H and O–H groups in total. The van der Waals surface area contributed by atoms with Gasteiger partial charge in [0.15, 0.2) is 0 Å². The zero-order valence-corrected chi connectivity index (χ0v) is 12.3. The highest BCUT2D eigenvalue weighted by Crippen LogP contribution is 2.12. The summed E-state index contributed by atoms with van der Waals surface area (Å²) in [6, 6.07) is 8.59. The van der Waals surface area contributed by atoms with Gasteiger partial charge in [0, 0.05) is 26.2 Å². The van der Waals surface area contributed by atoms with Gasteiger partial charge in [-0.3, -0.25) is 9.69 Å². The Kier molecular flexibility index (Phi) is 5.29. The van der Waals surface area contributed by atoms with E-state index in [-0.39, 0.29) is 24.2 Å². The number of carbonyl (C=O) groups excluding carboxylic acids is 1. The van der Waals surface area contributed by atoms with Crippen molar-refractivity contribution in [2.45, 2.75) is 25.8 Å². The third kappa shape index (κ3) is 3.79. The van der Waals surface area contributed by atoms with Crippen LogP contribution in [0.15, 0.2) is 24.3 Å². The number of rotatable bonds is 4. The molecule has 21 heavy (non-hydrogen) atoms. The maximum absolute atomic E-state index is 13.6. The van der Waals surface area contributed by atoms with Gasteiger partial charge >= 0.3 is 0 Å². The molecule has 112 valence electrons. The molecule has 1 aliphatic rings.